The second-order valence-corrected chi connectivity index (χ2v) is 4.48. The summed E-state index contributed by atoms with van der Waals surface area (Å²) in [5.41, 5.74) is 6.62. The molecule has 118 valence electrons. The Balaban J connectivity index is 1.91. The fraction of sp³-hybridized carbons (Fsp3) is 0.200. The van der Waals surface area contributed by atoms with Crippen LogP contribution in [-0.4, -0.2) is 35.4 Å². The first kappa shape index (κ1) is 16.0. The molecule has 8 nitrogen and oxygen atoms in total. The Bertz CT molecular complexity index is 759. The monoisotopic (exact) mass is 314 g/mol. The Labute approximate surface area is 132 Å². The predicted molar refractivity (Wildman–Crippen MR) is 79.4 cm³/mol. The van der Waals surface area contributed by atoms with Crippen LogP contribution in [0.15, 0.2) is 30.5 Å². The molecule has 8 heteroatoms. The Kier molecular flexibility index (Phi) is 4.94. The third-order valence-electron chi connectivity index (χ3n) is 3.08. The summed E-state index contributed by atoms with van der Waals surface area (Å²) >= 11 is 0. The van der Waals surface area contributed by atoms with Crippen LogP contribution in [0.5, 0.6) is 0 Å². The number of nitrogens with zero attached hydrogens (tertiary/aromatic N) is 3. The van der Waals surface area contributed by atoms with Gasteiger partial charge in [-0.15, -0.1) is 0 Å². The number of hydrogen-bond donors (Lipinski definition) is 1. The van der Waals surface area contributed by atoms with E-state index in [9.17, 15) is 9.59 Å². The van der Waals surface area contributed by atoms with Crippen molar-refractivity contribution >= 4 is 17.8 Å². The summed E-state index contributed by atoms with van der Waals surface area (Å²) in [7, 11) is 1.28. The molecule has 0 bridgehead atoms. The molecule has 2 aromatic rings. The van der Waals surface area contributed by atoms with Gasteiger partial charge >= 0.3 is 11.9 Å². The number of ether oxygens (including phenoxy) is 2. The van der Waals surface area contributed by atoms with Crippen LogP contribution >= 0.6 is 0 Å². The molecule has 1 aromatic carbocycles. The van der Waals surface area contributed by atoms with Gasteiger partial charge in [0.1, 0.15) is 24.1 Å². The van der Waals surface area contributed by atoms with Crippen molar-refractivity contribution in [2.45, 2.75) is 6.54 Å². The summed E-state index contributed by atoms with van der Waals surface area (Å²) in [5.74, 6) is -0.786. The molecular weight excluding hydrogens is 300 g/mol. The minimum Gasteiger partial charge on any atom is -0.465 e. The number of methoxy groups -OCH3 is 1. The van der Waals surface area contributed by atoms with Crippen LogP contribution in [-0.2, 0) is 16.0 Å². The van der Waals surface area contributed by atoms with Crippen LogP contribution in [0, 0.1) is 11.3 Å². The number of carbonyl (C=O) groups excluding carboxylic acids is 2. The van der Waals surface area contributed by atoms with Gasteiger partial charge < -0.3 is 15.2 Å². The highest BCUT2D eigenvalue weighted by atomic mass is 16.5. The van der Waals surface area contributed by atoms with Gasteiger partial charge in [0, 0.05) is 0 Å². The van der Waals surface area contributed by atoms with Gasteiger partial charge in [-0.2, -0.15) is 10.4 Å². The Morgan fingerprint density at radius 2 is 1.87 bits per heavy atom. The lowest BCUT2D eigenvalue weighted by Crippen LogP contribution is -2.14. The third-order valence-corrected chi connectivity index (χ3v) is 3.08. The van der Waals surface area contributed by atoms with Gasteiger partial charge in [0.2, 0.25) is 0 Å². The number of nitrogens with two attached hydrogens (primary N) is 1. The number of anilines is 1. The zero-order chi connectivity index (χ0) is 16.8. The van der Waals surface area contributed by atoms with Crippen LogP contribution < -0.4 is 5.73 Å². The van der Waals surface area contributed by atoms with E-state index in [-0.39, 0.29) is 24.5 Å². The van der Waals surface area contributed by atoms with Crippen molar-refractivity contribution in [3.63, 3.8) is 0 Å². The van der Waals surface area contributed by atoms with Crippen molar-refractivity contribution in [1.82, 2.24) is 9.78 Å². The Hall–Kier alpha value is -3.34. The molecule has 1 aromatic heterocycles. The number of aromatic nitrogens is 2. The highest BCUT2D eigenvalue weighted by Gasteiger charge is 2.11. The minimum atomic E-state index is -0.535. The molecule has 0 aliphatic rings. The standard InChI is InChI=1S/C15H14N4O4/c1-22-14(20)10-2-4-11(5-3-10)15(21)23-7-6-19-13(17)12(8-16)9-18-19/h2-5,9H,6-7,17H2,1H3. The van der Waals surface area contributed by atoms with E-state index >= 15 is 0 Å². The minimum absolute atomic E-state index is 0.0499. The van der Waals surface area contributed by atoms with Gasteiger partial charge in [-0.05, 0) is 24.3 Å². The molecule has 0 saturated carbocycles. The van der Waals surface area contributed by atoms with Crippen molar-refractivity contribution in [2.75, 3.05) is 19.5 Å². The number of hydrogen-bond acceptors (Lipinski definition) is 7. The third kappa shape index (κ3) is 3.65. The SMILES string of the molecule is COC(=O)c1ccc(C(=O)OCCn2ncc(C#N)c2N)cc1. The average molecular weight is 314 g/mol. The fourth-order valence-corrected chi connectivity index (χ4v) is 1.83. The second-order valence-electron chi connectivity index (χ2n) is 4.48. The number of carbonyl (C=O) groups is 2. The molecule has 0 radical (unpaired) electrons. The highest BCUT2D eigenvalue weighted by Crippen LogP contribution is 2.10. The first-order valence-corrected chi connectivity index (χ1v) is 6.63. The molecule has 0 spiro atoms. The zero-order valence-corrected chi connectivity index (χ0v) is 12.4. The summed E-state index contributed by atoms with van der Waals surface area (Å²) in [6.07, 6.45) is 1.35. The van der Waals surface area contributed by atoms with Gasteiger partial charge in [-0.1, -0.05) is 0 Å². The molecule has 1 heterocycles. The van der Waals surface area contributed by atoms with E-state index in [1.807, 2.05) is 6.07 Å². The lowest BCUT2D eigenvalue weighted by molar-refractivity contribution is 0.0486. The first-order chi connectivity index (χ1) is 11.1. The smallest absolute Gasteiger partial charge is 0.338 e. The maximum Gasteiger partial charge on any atom is 0.338 e. The van der Waals surface area contributed by atoms with E-state index in [4.69, 9.17) is 15.7 Å². The molecule has 23 heavy (non-hydrogen) atoms. The van der Waals surface area contributed by atoms with Crippen molar-refractivity contribution in [2.24, 2.45) is 0 Å². The molecule has 0 aliphatic heterocycles. The number of benzene rings is 1. The molecule has 2 N–H and O–H groups in total. The largest absolute Gasteiger partial charge is 0.465 e. The van der Waals surface area contributed by atoms with Crippen molar-refractivity contribution in [3.8, 4) is 6.07 Å². The van der Waals surface area contributed by atoms with E-state index in [1.54, 1.807) is 0 Å². The first-order valence-electron chi connectivity index (χ1n) is 6.63. The highest BCUT2D eigenvalue weighted by molar-refractivity contribution is 5.93. The normalized spacial score (nSPS) is 9.91. The summed E-state index contributed by atoms with van der Waals surface area (Å²) in [6, 6.07) is 7.82. The fourth-order valence-electron chi connectivity index (χ4n) is 1.83. The van der Waals surface area contributed by atoms with Crippen LogP contribution in [0.2, 0.25) is 0 Å². The Morgan fingerprint density at radius 3 is 2.39 bits per heavy atom. The lowest BCUT2D eigenvalue weighted by Gasteiger charge is -2.07. The van der Waals surface area contributed by atoms with Crippen LogP contribution in [0.1, 0.15) is 26.3 Å². The van der Waals surface area contributed by atoms with Crippen LogP contribution in [0.3, 0.4) is 0 Å². The van der Waals surface area contributed by atoms with Crippen LogP contribution in [0.4, 0.5) is 5.82 Å². The van der Waals surface area contributed by atoms with Crippen molar-refractivity contribution in [3.05, 3.63) is 47.2 Å². The summed E-state index contributed by atoms with van der Waals surface area (Å²) in [5, 5.41) is 12.7. The van der Waals surface area contributed by atoms with E-state index in [0.717, 1.165) is 0 Å². The number of nitriles is 1. The molecule has 0 amide bonds. The molecule has 0 fully saturated rings. The maximum atomic E-state index is 11.9. The summed E-state index contributed by atoms with van der Waals surface area (Å²) < 4.78 is 11.1. The maximum absolute atomic E-state index is 11.9. The quantitative estimate of drug-likeness (QED) is 0.816. The lowest BCUT2D eigenvalue weighted by atomic mass is 10.1. The zero-order valence-electron chi connectivity index (χ0n) is 12.4. The van der Waals surface area contributed by atoms with Gasteiger partial charge in [0.05, 0.1) is 31.0 Å². The summed E-state index contributed by atoms with van der Waals surface area (Å²) in [6.45, 7) is 0.286. The topological polar surface area (TPSA) is 120 Å². The Morgan fingerprint density at radius 1 is 1.26 bits per heavy atom. The summed E-state index contributed by atoms with van der Waals surface area (Å²) in [4.78, 5) is 23.2. The number of rotatable bonds is 5. The van der Waals surface area contributed by atoms with Gasteiger partial charge in [0.25, 0.3) is 0 Å². The van der Waals surface area contributed by atoms with Crippen molar-refractivity contribution in [1.29, 1.82) is 5.26 Å². The van der Waals surface area contributed by atoms with Gasteiger partial charge in [-0.25, -0.2) is 14.3 Å². The molecule has 2 rings (SSSR count). The van der Waals surface area contributed by atoms with Crippen LogP contribution in [0.25, 0.3) is 0 Å². The average Bonchev–Trinajstić information content (AvgIpc) is 2.94. The van der Waals surface area contributed by atoms with Gasteiger partial charge in [-0.3, -0.25) is 0 Å². The van der Waals surface area contributed by atoms with E-state index in [1.165, 1.54) is 42.3 Å². The van der Waals surface area contributed by atoms with E-state index in [2.05, 4.69) is 9.84 Å². The molecular formula is C15H14N4O4. The van der Waals surface area contributed by atoms with E-state index < -0.39 is 11.9 Å². The second kappa shape index (κ2) is 7.09. The molecule has 0 unspecified atom stereocenters. The molecule has 0 atom stereocenters. The van der Waals surface area contributed by atoms with Crippen molar-refractivity contribution < 1.29 is 19.1 Å². The molecule has 0 saturated heterocycles. The number of esters is 2. The van der Waals surface area contributed by atoms with Gasteiger partial charge in [0.15, 0.2) is 0 Å². The molecule has 0 aliphatic carbocycles. The predicted octanol–water partition coefficient (Wildman–Crippen LogP) is 0.981. The number of nitrogen functional groups attached to an aromatic ring is 1. The van der Waals surface area contributed by atoms with E-state index in [0.29, 0.717) is 11.1 Å².